The third-order valence-corrected chi connectivity index (χ3v) is 3.06. The molecule has 1 heterocycles. The van der Waals surface area contributed by atoms with Crippen molar-refractivity contribution in [1.82, 2.24) is 9.55 Å². The Balaban J connectivity index is 3.06. The fourth-order valence-electron chi connectivity index (χ4n) is 0.909. The number of hydrogen-bond acceptors (Lipinski definition) is 2. The summed E-state index contributed by atoms with van der Waals surface area (Å²) in [5.41, 5.74) is 0.794. The van der Waals surface area contributed by atoms with E-state index in [2.05, 4.69) is 27.5 Å². The van der Waals surface area contributed by atoms with Crippen LogP contribution >= 0.6 is 27.5 Å². The molecule has 1 rings (SSSR count). The molecule has 0 unspecified atom stereocenters. The normalized spacial score (nSPS) is 10.2. The first-order valence-corrected chi connectivity index (χ1v) is 5.30. The SMILES string of the molecule is C=C(CC)Cn1cnc(Cl)c(Br)c1=O. The standard InChI is InChI=1S/C9H10BrClN2O/c1-3-6(2)4-13-5-12-8(11)7(10)9(13)14/h5H,2-4H2,1H3. The summed E-state index contributed by atoms with van der Waals surface area (Å²) >= 11 is 8.75. The third kappa shape index (κ3) is 2.45. The van der Waals surface area contributed by atoms with Crippen molar-refractivity contribution in [3.8, 4) is 0 Å². The molecule has 0 amide bonds. The first-order valence-electron chi connectivity index (χ1n) is 4.13. The van der Waals surface area contributed by atoms with Gasteiger partial charge in [0.25, 0.3) is 5.56 Å². The van der Waals surface area contributed by atoms with Gasteiger partial charge in [-0.2, -0.15) is 0 Å². The molecule has 0 radical (unpaired) electrons. The van der Waals surface area contributed by atoms with E-state index in [9.17, 15) is 4.79 Å². The molecule has 0 aliphatic carbocycles. The summed E-state index contributed by atoms with van der Waals surface area (Å²) in [6.45, 7) is 6.30. The largest absolute Gasteiger partial charge is 0.294 e. The summed E-state index contributed by atoms with van der Waals surface area (Å²) in [6.07, 6.45) is 2.27. The van der Waals surface area contributed by atoms with Crippen LogP contribution in [0.4, 0.5) is 0 Å². The summed E-state index contributed by atoms with van der Waals surface area (Å²) in [6, 6.07) is 0. The van der Waals surface area contributed by atoms with E-state index in [1.807, 2.05) is 6.92 Å². The second-order valence-electron chi connectivity index (χ2n) is 2.89. The van der Waals surface area contributed by atoms with Gasteiger partial charge in [0.1, 0.15) is 4.47 Å². The van der Waals surface area contributed by atoms with Crippen molar-refractivity contribution in [1.29, 1.82) is 0 Å². The lowest BCUT2D eigenvalue weighted by Crippen LogP contribution is -2.22. The minimum Gasteiger partial charge on any atom is -0.294 e. The molecule has 76 valence electrons. The lowest BCUT2D eigenvalue weighted by molar-refractivity contribution is 0.704. The number of nitrogens with zero attached hydrogens (tertiary/aromatic N) is 2. The lowest BCUT2D eigenvalue weighted by atomic mass is 10.2. The van der Waals surface area contributed by atoms with Gasteiger partial charge >= 0.3 is 0 Å². The molecule has 3 nitrogen and oxygen atoms in total. The first kappa shape index (κ1) is 11.5. The maximum absolute atomic E-state index is 11.6. The minimum atomic E-state index is -0.181. The Morgan fingerprint density at radius 2 is 2.43 bits per heavy atom. The van der Waals surface area contributed by atoms with E-state index in [0.29, 0.717) is 11.0 Å². The van der Waals surface area contributed by atoms with Crippen LogP contribution in [0.15, 0.2) is 27.7 Å². The van der Waals surface area contributed by atoms with Gasteiger partial charge in [0, 0.05) is 6.54 Å². The molecule has 0 fully saturated rings. The maximum atomic E-state index is 11.6. The Bertz CT molecular complexity index is 414. The fourth-order valence-corrected chi connectivity index (χ4v) is 1.36. The van der Waals surface area contributed by atoms with Gasteiger partial charge in [-0.1, -0.05) is 30.7 Å². The predicted octanol–water partition coefficient (Wildman–Crippen LogP) is 2.63. The van der Waals surface area contributed by atoms with E-state index in [-0.39, 0.29) is 10.7 Å². The summed E-state index contributed by atoms with van der Waals surface area (Å²) in [5, 5.41) is 0.188. The van der Waals surface area contributed by atoms with Crippen molar-refractivity contribution >= 4 is 27.5 Å². The highest BCUT2D eigenvalue weighted by atomic mass is 79.9. The van der Waals surface area contributed by atoms with Gasteiger partial charge in [0.15, 0.2) is 5.15 Å². The molecule has 0 saturated heterocycles. The van der Waals surface area contributed by atoms with Crippen LogP contribution in [0.2, 0.25) is 5.15 Å². The van der Waals surface area contributed by atoms with Crippen molar-refractivity contribution < 1.29 is 0 Å². The zero-order valence-corrected chi connectivity index (χ0v) is 10.1. The molecule has 0 aliphatic rings. The van der Waals surface area contributed by atoms with E-state index in [1.165, 1.54) is 10.9 Å². The van der Waals surface area contributed by atoms with Gasteiger partial charge in [-0.25, -0.2) is 4.98 Å². The Morgan fingerprint density at radius 1 is 1.79 bits per heavy atom. The van der Waals surface area contributed by atoms with Gasteiger partial charge < -0.3 is 0 Å². The second-order valence-corrected chi connectivity index (χ2v) is 4.04. The summed E-state index contributed by atoms with van der Waals surface area (Å²) in [5.74, 6) is 0. The maximum Gasteiger partial charge on any atom is 0.269 e. The van der Waals surface area contributed by atoms with E-state index in [1.54, 1.807) is 0 Å². The van der Waals surface area contributed by atoms with Crippen LogP contribution in [-0.2, 0) is 6.54 Å². The summed E-state index contributed by atoms with van der Waals surface area (Å²) in [4.78, 5) is 15.5. The quantitative estimate of drug-likeness (QED) is 0.629. The topological polar surface area (TPSA) is 34.9 Å². The Labute approximate surface area is 95.5 Å². The van der Waals surface area contributed by atoms with Gasteiger partial charge in [0.05, 0.1) is 6.33 Å². The van der Waals surface area contributed by atoms with Crippen LogP contribution in [0.3, 0.4) is 0 Å². The molecule has 0 bridgehead atoms. The molecule has 0 atom stereocenters. The molecule has 0 N–H and O–H groups in total. The van der Waals surface area contributed by atoms with Gasteiger partial charge in [-0.3, -0.25) is 9.36 Å². The van der Waals surface area contributed by atoms with Crippen molar-refractivity contribution in [2.75, 3.05) is 0 Å². The molecule has 1 aromatic heterocycles. The molecule has 5 heteroatoms. The van der Waals surface area contributed by atoms with E-state index >= 15 is 0 Å². The highest BCUT2D eigenvalue weighted by Gasteiger charge is 2.06. The Morgan fingerprint density at radius 3 is 3.00 bits per heavy atom. The molecule has 0 spiro atoms. The molecule has 14 heavy (non-hydrogen) atoms. The molecular formula is C9H10BrClN2O. The molecule has 0 aliphatic heterocycles. The van der Waals surface area contributed by atoms with Crippen LogP contribution < -0.4 is 5.56 Å². The van der Waals surface area contributed by atoms with Gasteiger partial charge in [0.2, 0.25) is 0 Å². The van der Waals surface area contributed by atoms with Crippen LogP contribution in [0.1, 0.15) is 13.3 Å². The van der Waals surface area contributed by atoms with E-state index < -0.39 is 0 Å². The zero-order chi connectivity index (χ0) is 10.7. The number of halogens is 2. The molecule has 0 saturated carbocycles. The van der Waals surface area contributed by atoms with Crippen molar-refractivity contribution in [2.45, 2.75) is 19.9 Å². The van der Waals surface area contributed by atoms with E-state index in [0.717, 1.165) is 12.0 Å². The highest BCUT2D eigenvalue weighted by molar-refractivity contribution is 9.10. The number of rotatable bonds is 3. The zero-order valence-electron chi connectivity index (χ0n) is 7.76. The first-order chi connectivity index (χ1) is 6.56. The van der Waals surface area contributed by atoms with Crippen molar-refractivity contribution in [3.05, 3.63) is 38.5 Å². The highest BCUT2D eigenvalue weighted by Crippen LogP contribution is 2.14. The molecule has 1 aromatic rings. The van der Waals surface area contributed by atoms with Gasteiger partial charge in [-0.15, -0.1) is 0 Å². The van der Waals surface area contributed by atoms with Crippen LogP contribution in [0.25, 0.3) is 0 Å². The van der Waals surface area contributed by atoms with Crippen LogP contribution in [0, 0.1) is 0 Å². The number of aromatic nitrogens is 2. The number of allylic oxidation sites excluding steroid dienone is 1. The fraction of sp³-hybridized carbons (Fsp3) is 0.333. The summed E-state index contributed by atoms with van der Waals surface area (Å²) < 4.78 is 1.77. The molecular weight excluding hydrogens is 267 g/mol. The predicted molar refractivity (Wildman–Crippen MR) is 60.6 cm³/mol. The third-order valence-electron chi connectivity index (χ3n) is 1.83. The van der Waals surface area contributed by atoms with Crippen molar-refractivity contribution in [2.24, 2.45) is 0 Å². The summed E-state index contributed by atoms with van der Waals surface area (Å²) in [7, 11) is 0. The van der Waals surface area contributed by atoms with Crippen LogP contribution in [0.5, 0.6) is 0 Å². The Hall–Kier alpha value is -0.610. The second kappa shape index (κ2) is 4.75. The van der Waals surface area contributed by atoms with Gasteiger partial charge in [-0.05, 0) is 22.4 Å². The lowest BCUT2D eigenvalue weighted by Gasteiger charge is -2.06. The average Bonchev–Trinajstić information content (AvgIpc) is 2.19. The van der Waals surface area contributed by atoms with Crippen molar-refractivity contribution in [3.63, 3.8) is 0 Å². The minimum absolute atomic E-state index is 0.181. The monoisotopic (exact) mass is 276 g/mol. The average molecular weight is 278 g/mol. The van der Waals surface area contributed by atoms with E-state index in [4.69, 9.17) is 11.6 Å². The molecule has 0 aromatic carbocycles. The number of hydrogen-bond donors (Lipinski definition) is 0. The van der Waals surface area contributed by atoms with Crippen LogP contribution in [-0.4, -0.2) is 9.55 Å². The Kier molecular flexibility index (Phi) is 3.89. The smallest absolute Gasteiger partial charge is 0.269 e.